The van der Waals surface area contributed by atoms with Gasteiger partial charge >= 0.3 is 5.97 Å². The lowest BCUT2D eigenvalue weighted by atomic mass is 10.4. The topological polar surface area (TPSA) is 74.6 Å². The molecule has 0 saturated carbocycles. The van der Waals surface area contributed by atoms with Crippen LogP contribution in [0.3, 0.4) is 0 Å². The van der Waals surface area contributed by atoms with E-state index in [-0.39, 0.29) is 0 Å². The van der Waals surface area contributed by atoms with Gasteiger partial charge in [-0.15, -0.1) is 0 Å². The largest absolute Gasteiger partial charge is 0.479 e. The van der Waals surface area contributed by atoms with Crippen LogP contribution >= 0.6 is 0 Å². The van der Waals surface area contributed by atoms with E-state index >= 15 is 0 Å². The fraction of sp³-hybridized carbons (Fsp3) is 0.333. The van der Waals surface area contributed by atoms with Crippen LogP contribution in [-0.2, 0) is 9.59 Å². The van der Waals surface area contributed by atoms with Crippen molar-refractivity contribution >= 4 is 12.3 Å². The zero-order valence-electron chi connectivity index (χ0n) is 3.29. The third-order valence-corrected chi connectivity index (χ3v) is 0.346. The molecular formula is C3H3O4. The van der Waals surface area contributed by atoms with Crippen LogP contribution in [0.4, 0.5) is 0 Å². The first kappa shape index (κ1) is 6.10. The summed E-state index contributed by atoms with van der Waals surface area (Å²) in [5, 5.41) is 15.6. The van der Waals surface area contributed by atoms with Gasteiger partial charge in [0, 0.05) is 0 Å². The van der Waals surface area contributed by atoms with Gasteiger partial charge in [-0.05, 0) is 0 Å². The third-order valence-electron chi connectivity index (χ3n) is 0.346. The van der Waals surface area contributed by atoms with Gasteiger partial charge in [0.1, 0.15) is 0 Å². The van der Waals surface area contributed by atoms with Crippen LogP contribution in [0.15, 0.2) is 0 Å². The van der Waals surface area contributed by atoms with Gasteiger partial charge < -0.3 is 10.2 Å². The first-order valence-corrected chi connectivity index (χ1v) is 1.47. The first-order valence-electron chi connectivity index (χ1n) is 1.47. The van der Waals surface area contributed by atoms with E-state index in [1.54, 1.807) is 0 Å². The summed E-state index contributed by atoms with van der Waals surface area (Å²) < 4.78 is 0. The highest BCUT2D eigenvalue weighted by molar-refractivity contribution is 5.89. The van der Waals surface area contributed by atoms with Crippen molar-refractivity contribution in [1.82, 2.24) is 0 Å². The average molecular weight is 103 g/mol. The van der Waals surface area contributed by atoms with Crippen LogP contribution in [0.2, 0.25) is 0 Å². The number of carboxylic acid groups (broad SMARTS) is 1. The third kappa shape index (κ3) is 1.88. The Morgan fingerprint density at radius 2 is 2.14 bits per heavy atom. The van der Waals surface area contributed by atoms with E-state index in [2.05, 4.69) is 0 Å². The molecule has 4 heteroatoms. The standard InChI is InChI=1S/C3H3O4/c4-1-2(5)3(6)7/h2,5H,(H,6,7). The number of hydrogen-bond acceptors (Lipinski definition) is 3. The van der Waals surface area contributed by atoms with Crippen molar-refractivity contribution in [3.05, 3.63) is 0 Å². The number of aliphatic carboxylic acids is 1. The molecule has 0 aliphatic carbocycles. The maximum atomic E-state index is 9.42. The molecule has 0 aliphatic rings. The van der Waals surface area contributed by atoms with Crippen LogP contribution < -0.4 is 0 Å². The summed E-state index contributed by atoms with van der Waals surface area (Å²) in [5.41, 5.74) is 0. The number of hydrogen-bond donors (Lipinski definition) is 2. The molecule has 0 rings (SSSR count). The Morgan fingerprint density at radius 3 is 2.14 bits per heavy atom. The SMILES string of the molecule is O=[C]C(O)C(=O)O. The van der Waals surface area contributed by atoms with Gasteiger partial charge in [0.15, 0.2) is 0 Å². The fourth-order valence-electron chi connectivity index (χ4n) is 0.0504. The Balaban J connectivity index is 3.55. The molecule has 39 valence electrons. The summed E-state index contributed by atoms with van der Waals surface area (Å²) in [6.45, 7) is 0. The lowest BCUT2D eigenvalue weighted by Crippen LogP contribution is -2.20. The molecule has 0 amide bonds. The van der Waals surface area contributed by atoms with Gasteiger partial charge in [0.05, 0.1) is 0 Å². The van der Waals surface area contributed by atoms with Crippen molar-refractivity contribution in [2.45, 2.75) is 6.10 Å². The van der Waals surface area contributed by atoms with Crippen LogP contribution in [0.25, 0.3) is 0 Å². The molecule has 2 N–H and O–H groups in total. The maximum Gasteiger partial charge on any atom is 0.340 e. The predicted molar refractivity (Wildman–Crippen MR) is 19.3 cm³/mol. The number of carboxylic acids is 1. The molecule has 0 aromatic rings. The minimum atomic E-state index is -1.99. The number of aliphatic hydroxyl groups is 1. The van der Waals surface area contributed by atoms with Crippen LogP contribution in [0, 0.1) is 0 Å². The Morgan fingerprint density at radius 1 is 1.71 bits per heavy atom. The zero-order valence-corrected chi connectivity index (χ0v) is 3.29. The molecule has 7 heavy (non-hydrogen) atoms. The molecule has 4 nitrogen and oxygen atoms in total. The van der Waals surface area contributed by atoms with Gasteiger partial charge in [-0.3, -0.25) is 4.79 Å². The second kappa shape index (κ2) is 2.30. The summed E-state index contributed by atoms with van der Waals surface area (Å²) >= 11 is 0. The highest BCUT2D eigenvalue weighted by Crippen LogP contribution is 1.71. The monoisotopic (exact) mass is 103 g/mol. The van der Waals surface area contributed by atoms with Gasteiger partial charge in [-0.2, -0.15) is 0 Å². The van der Waals surface area contributed by atoms with Crippen LogP contribution in [0.1, 0.15) is 0 Å². The average Bonchev–Trinajstić information content (AvgIpc) is 1.65. The molecule has 0 aliphatic heterocycles. The van der Waals surface area contributed by atoms with E-state index in [0.29, 0.717) is 0 Å². The van der Waals surface area contributed by atoms with E-state index in [1.165, 1.54) is 0 Å². The zero-order chi connectivity index (χ0) is 5.86. The molecule has 0 saturated heterocycles. The van der Waals surface area contributed by atoms with Crippen molar-refractivity contribution in [2.75, 3.05) is 0 Å². The number of rotatable bonds is 2. The number of carbonyl (C=O) groups excluding carboxylic acids is 1. The van der Waals surface area contributed by atoms with Crippen molar-refractivity contribution < 1.29 is 19.8 Å². The molecule has 1 radical (unpaired) electrons. The summed E-state index contributed by atoms with van der Waals surface area (Å²) in [6, 6.07) is 0. The molecule has 0 fully saturated rings. The Labute approximate surface area is 39.4 Å². The van der Waals surface area contributed by atoms with Gasteiger partial charge in [-0.25, -0.2) is 4.79 Å². The van der Waals surface area contributed by atoms with Crippen molar-refractivity contribution in [1.29, 1.82) is 0 Å². The van der Waals surface area contributed by atoms with Crippen LogP contribution in [-0.4, -0.2) is 28.6 Å². The normalized spacial score (nSPS) is 12.7. The van der Waals surface area contributed by atoms with Gasteiger partial charge in [0.2, 0.25) is 12.4 Å². The predicted octanol–water partition coefficient (Wildman–Crippen LogP) is -1.46. The smallest absolute Gasteiger partial charge is 0.340 e. The molecule has 1 unspecified atom stereocenters. The Bertz CT molecular complexity index is 86.9. The lowest BCUT2D eigenvalue weighted by Gasteiger charge is -1.86. The molecule has 0 bridgehead atoms. The summed E-state index contributed by atoms with van der Waals surface area (Å²) in [4.78, 5) is 18.6. The molecule has 0 aromatic carbocycles. The van der Waals surface area contributed by atoms with Gasteiger partial charge in [0.25, 0.3) is 0 Å². The number of carbonyl (C=O) groups is 1. The van der Waals surface area contributed by atoms with E-state index in [1.807, 2.05) is 0 Å². The highest BCUT2D eigenvalue weighted by Gasteiger charge is 2.10. The second-order valence-electron chi connectivity index (χ2n) is 0.859. The molecular weight excluding hydrogens is 100 g/mol. The lowest BCUT2D eigenvalue weighted by molar-refractivity contribution is -0.143. The highest BCUT2D eigenvalue weighted by atomic mass is 16.4. The molecule has 0 spiro atoms. The molecule has 1 atom stereocenters. The van der Waals surface area contributed by atoms with E-state index in [4.69, 9.17) is 10.2 Å². The van der Waals surface area contributed by atoms with Gasteiger partial charge in [-0.1, -0.05) is 0 Å². The summed E-state index contributed by atoms with van der Waals surface area (Å²) in [5.74, 6) is -1.57. The van der Waals surface area contributed by atoms with Crippen molar-refractivity contribution in [3.63, 3.8) is 0 Å². The number of aliphatic hydroxyl groups excluding tert-OH is 1. The molecule has 0 heterocycles. The Kier molecular flexibility index (Phi) is 2.01. The van der Waals surface area contributed by atoms with E-state index < -0.39 is 12.1 Å². The van der Waals surface area contributed by atoms with Crippen LogP contribution in [0.5, 0.6) is 0 Å². The first-order chi connectivity index (χ1) is 3.18. The second-order valence-corrected chi connectivity index (χ2v) is 0.859. The fourth-order valence-corrected chi connectivity index (χ4v) is 0.0504. The summed E-state index contributed by atoms with van der Waals surface area (Å²) in [6.07, 6.45) is -1.12. The van der Waals surface area contributed by atoms with E-state index in [9.17, 15) is 9.59 Å². The quantitative estimate of drug-likeness (QED) is 0.419. The minimum Gasteiger partial charge on any atom is -0.479 e. The van der Waals surface area contributed by atoms with E-state index in [0.717, 1.165) is 6.29 Å². The van der Waals surface area contributed by atoms with Crippen molar-refractivity contribution in [3.8, 4) is 0 Å². The maximum absolute atomic E-state index is 9.42. The Hall–Kier alpha value is -0.900. The minimum absolute atomic E-state index is 0.870. The molecule has 0 aromatic heterocycles. The van der Waals surface area contributed by atoms with Crippen molar-refractivity contribution in [2.24, 2.45) is 0 Å². The summed E-state index contributed by atoms with van der Waals surface area (Å²) in [7, 11) is 0.